The van der Waals surface area contributed by atoms with Crippen molar-refractivity contribution in [3.05, 3.63) is 58.7 Å². The summed E-state index contributed by atoms with van der Waals surface area (Å²) in [6.07, 6.45) is 17.6. The number of hydrogen-bond donors (Lipinski definition) is 1. The average Bonchev–Trinajstić information content (AvgIpc) is 2.53. The maximum Gasteiger partial charge on any atom is 0.328 e. The Morgan fingerprint density at radius 1 is 1.19 bits per heavy atom. The van der Waals surface area contributed by atoms with E-state index < -0.39 is 12.0 Å². The predicted octanol–water partition coefficient (Wildman–Crippen LogP) is 6.06. The predicted molar refractivity (Wildman–Crippen MR) is 112 cm³/mol. The first-order valence-corrected chi connectivity index (χ1v) is 9.29. The van der Waals surface area contributed by atoms with Crippen LogP contribution in [0.4, 0.5) is 0 Å². The third-order valence-electron chi connectivity index (χ3n) is 4.78. The number of hydrogen-bond acceptors (Lipinski definition) is 2. The Balaban J connectivity index is 2.70. The Morgan fingerprint density at radius 2 is 1.85 bits per heavy atom. The van der Waals surface area contributed by atoms with Gasteiger partial charge in [0, 0.05) is 6.21 Å². The SMILES string of the molecule is CC1=C(/C=C/C(C)=C/C=C/C(C)=C/C=NC(C)C(=O)O)C(C)(C)CCC1. The molecule has 0 aromatic carbocycles. The minimum absolute atomic E-state index is 0.265. The lowest BCUT2D eigenvalue weighted by atomic mass is 9.72. The van der Waals surface area contributed by atoms with E-state index in [9.17, 15) is 4.79 Å². The summed E-state index contributed by atoms with van der Waals surface area (Å²) < 4.78 is 0. The molecule has 0 bridgehead atoms. The Labute approximate surface area is 158 Å². The number of nitrogens with zero attached hydrogens (tertiary/aromatic N) is 1. The lowest BCUT2D eigenvalue weighted by Crippen LogP contribution is -2.19. The molecule has 1 N–H and O–H groups in total. The van der Waals surface area contributed by atoms with Gasteiger partial charge in [-0.25, -0.2) is 4.79 Å². The van der Waals surface area contributed by atoms with Gasteiger partial charge in [-0.3, -0.25) is 4.99 Å². The van der Waals surface area contributed by atoms with E-state index >= 15 is 0 Å². The summed E-state index contributed by atoms with van der Waals surface area (Å²) in [6, 6.07) is -0.711. The van der Waals surface area contributed by atoms with Crippen molar-refractivity contribution in [2.75, 3.05) is 0 Å². The lowest BCUT2D eigenvalue weighted by Gasteiger charge is -2.32. The van der Waals surface area contributed by atoms with Gasteiger partial charge in [-0.05, 0) is 69.6 Å². The number of rotatable bonds is 7. The Bertz CT molecular complexity index is 685. The molecule has 0 amide bonds. The molecule has 0 aliphatic heterocycles. The average molecular weight is 356 g/mol. The molecule has 0 fully saturated rings. The van der Waals surface area contributed by atoms with E-state index in [-0.39, 0.29) is 5.41 Å². The third-order valence-corrected chi connectivity index (χ3v) is 4.78. The van der Waals surface area contributed by atoms with Crippen LogP contribution in [0.5, 0.6) is 0 Å². The van der Waals surface area contributed by atoms with Crippen molar-refractivity contribution in [3.63, 3.8) is 0 Å². The third kappa shape index (κ3) is 7.38. The highest BCUT2D eigenvalue weighted by Gasteiger charge is 2.26. The van der Waals surface area contributed by atoms with Crippen LogP contribution in [0.15, 0.2) is 63.7 Å². The highest BCUT2D eigenvalue weighted by Crippen LogP contribution is 2.40. The van der Waals surface area contributed by atoms with Crippen LogP contribution < -0.4 is 0 Å². The van der Waals surface area contributed by atoms with Gasteiger partial charge in [0.15, 0.2) is 0 Å². The van der Waals surface area contributed by atoms with Gasteiger partial charge in [0.25, 0.3) is 0 Å². The van der Waals surface area contributed by atoms with Crippen LogP contribution in [0.1, 0.15) is 60.8 Å². The minimum atomic E-state index is -0.917. The fraction of sp³-hybridized carbons (Fsp3) is 0.478. The number of aliphatic carboxylic acids is 1. The van der Waals surface area contributed by atoms with Crippen molar-refractivity contribution >= 4 is 12.2 Å². The van der Waals surface area contributed by atoms with E-state index in [1.165, 1.54) is 36.0 Å². The van der Waals surface area contributed by atoms with Gasteiger partial charge >= 0.3 is 5.97 Å². The molecule has 26 heavy (non-hydrogen) atoms. The molecular formula is C23H33NO2. The first kappa shape index (κ1) is 21.9. The smallest absolute Gasteiger partial charge is 0.328 e. The summed E-state index contributed by atoms with van der Waals surface area (Å²) in [5.74, 6) is -0.917. The van der Waals surface area contributed by atoms with Crippen LogP contribution in [0.3, 0.4) is 0 Å². The molecule has 1 atom stereocenters. The molecule has 3 heteroatoms. The maximum atomic E-state index is 10.7. The molecule has 1 aliphatic rings. The van der Waals surface area contributed by atoms with E-state index in [1.807, 2.05) is 25.2 Å². The van der Waals surface area contributed by atoms with Crippen molar-refractivity contribution in [3.8, 4) is 0 Å². The molecule has 0 aromatic rings. The van der Waals surface area contributed by atoms with Crippen LogP contribution in [0.2, 0.25) is 0 Å². The van der Waals surface area contributed by atoms with Crippen LogP contribution in [-0.2, 0) is 4.79 Å². The van der Waals surface area contributed by atoms with E-state index in [2.05, 4.69) is 50.9 Å². The molecule has 1 aliphatic carbocycles. The number of aliphatic imine (C=N–C) groups is 1. The summed E-state index contributed by atoms with van der Waals surface area (Å²) in [7, 11) is 0. The molecular weight excluding hydrogens is 322 g/mol. The van der Waals surface area contributed by atoms with Gasteiger partial charge in [0.2, 0.25) is 0 Å². The quantitative estimate of drug-likeness (QED) is 0.445. The van der Waals surface area contributed by atoms with Crippen LogP contribution in [-0.4, -0.2) is 23.3 Å². The van der Waals surface area contributed by atoms with Crippen LogP contribution in [0, 0.1) is 5.41 Å². The van der Waals surface area contributed by atoms with Crippen LogP contribution >= 0.6 is 0 Å². The molecule has 142 valence electrons. The number of allylic oxidation sites excluding steroid dienone is 10. The van der Waals surface area contributed by atoms with Crippen molar-refractivity contribution in [2.45, 2.75) is 66.8 Å². The summed E-state index contributed by atoms with van der Waals surface area (Å²) in [5.41, 5.74) is 5.46. The van der Waals surface area contributed by atoms with Crippen molar-refractivity contribution in [1.29, 1.82) is 0 Å². The molecule has 3 nitrogen and oxygen atoms in total. The summed E-state index contributed by atoms with van der Waals surface area (Å²) >= 11 is 0. The molecule has 0 radical (unpaired) electrons. The topological polar surface area (TPSA) is 49.7 Å². The van der Waals surface area contributed by atoms with Crippen molar-refractivity contribution in [2.24, 2.45) is 10.4 Å². The van der Waals surface area contributed by atoms with Crippen molar-refractivity contribution in [1.82, 2.24) is 0 Å². The molecule has 1 unspecified atom stereocenters. The second kappa shape index (κ2) is 10.1. The fourth-order valence-electron chi connectivity index (χ4n) is 3.04. The van der Waals surface area contributed by atoms with Gasteiger partial charge < -0.3 is 5.11 Å². The van der Waals surface area contributed by atoms with Gasteiger partial charge in [-0.2, -0.15) is 0 Å². The molecule has 0 aromatic heterocycles. The monoisotopic (exact) mass is 355 g/mol. The molecule has 1 rings (SSSR count). The second-order valence-corrected chi connectivity index (χ2v) is 7.76. The minimum Gasteiger partial charge on any atom is -0.480 e. The number of carboxylic acid groups (broad SMARTS) is 1. The van der Waals surface area contributed by atoms with Gasteiger partial charge in [0.05, 0.1) is 0 Å². The zero-order valence-corrected chi connectivity index (χ0v) is 17.0. The molecule has 0 saturated heterocycles. The Hall–Kier alpha value is -2.16. The summed E-state index contributed by atoms with van der Waals surface area (Å²) in [5, 5.41) is 8.78. The number of carbonyl (C=O) groups is 1. The second-order valence-electron chi connectivity index (χ2n) is 7.76. The first-order valence-electron chi connectivity index (χ1n) is 9.29. The summed E-state index contributed by atoms with van der Waals surface area (Å²) in [6.45, 7) is 12.5. The maximum absolute atomic E-state index is 10.7. The van der Waals surface area contributed by atoms with Gasteiger partial charge in [-0.1, -0.05) is 55.4 Å². The zero-order chi connectivity index (χ0) is 19.7. The van der Waals surface area contributed by atoms with Crippen molar-refractivity contribution < 1.29 is 9.90 Å². The fourth-order valence-corrected chi connectivity index (χ4v) is 3.04. The summed E-state index contributed by atoms with van der Waals surface area (Å²) in [4.78, 5) is 14.6. The van der Waals surface area contributed by atoms with E-state index in [0.717, 1.165) is 5.57 Å². The molecule has 0 saturated carbocycles. The van der Waals surface area contributed by atoms with Gasteiger partial charge in [-0.15, -0.1) is 0 Å². The first-order chi connectivity index (χ1) is 12.1. The Kier molecular flexibility index (Phi) is 8.50. The molecule has 0 heterocycles. The standard InChI is InChI=1S/C23H33NO2/c1-17(12-13-21-19(3)11-8-15-23(21,5)6)9-7-10-18(2)14-16-24-20(4)22(25)26/h7,9-10,12-14,16,20H,8,11,15H2,1-6H3,(H,25,26)/b10-7+,13-12+,17-9+,18-14+,24-16?. The molecule has 0 spiro atoms. The normalized spacial score (nSPS) is 20.5. The highest BCUT2D eigenvalue weighted by atomic mass is 16.4. The number of carboxylic acids is 1. The van der Waals surface area contributed by atoms with Crippen LogP contribution in [0.25, 0.3) is 0 Å². The van der Waals surface area contributed by atoms with E-state index in [0.29, 0.717) is 0 Å². The Morgan fingerprint density at radius 3 is 2.46 bits per heavy atom. The van der Waals surface area contributed by atoms with E-state index in [1.54, 1.807) is 13.1 Å². The largest absolute Gasteiger partial charge is 0.480 e. The van der Waals surface area contributed by atoms with E-state index in [4.69, 9.17) is 5.11 Å². The van der Waals surface area contributed by atoms with Gasteiger partial charge in [0.1, 0.15) is 6.04 Å². The lowest BCUT2D eigenvalue weighted by molar-refractivity contribution is -0.137. The highest BCUT2D eigenvalue weighted by molar-refractivity contribution is 5.79. The zero-order valence-electron chi connectivity index (χ0n) is 17.0.